The fraction of sp³-hybridized carbons (Fsp3) is 0.259. The summed E-state index contributed by atoms with van der Waals surface area (Å²) >= 11 is 12.8. The molecule has 0 aliphatic rings. The molecule has 172 valence electrons. The molecule has 0 unspecified atom stereocenters. The van der Waals surface area contributed by atoms with Crippen LogP contribution in [0.25, 0.3) is 0 Å². The van der Waals surface area contributed by atoms with E-state index in [-0.39, 0.29) is 30.7 Å². The number of hydrogen-bond acceptors (Lipinski definition) is 2. The normalized spacial score (nSPS) is 11.8. The topological polar surface area (TPSA) is 49.4 Å². The predicted octanol–water partition coefficient (Wildman–Crippen LogP) is 6.07. The summed E-state index contributed by atoms with van der Waals surface area (Å²) in [6, 6.07) is 24.4. The third-order valence-electron chi connectivity index (χ3n) is 5.69. The second-order valence-corrected chi connectivity index (χ2v) is 8.68. The number of benzene rings is 3. The van der Waals surface area contributed by atoms with Crippen LogP contribution in [0.2, 0.25) is 10.0 Å². The summed E-state index contributed by atoms with van der Waals surface area (Å²) in [6.45, 7) is 4.21. The molecule has 2 amide bonds. The van der Waals surface area contributed by atoms with Gasteiger partial charge in [0.1, 0.15) is 6.04 Å². The van der Waals surface area contributed by atoms with Crippen molar-refractivity contribution in [2.75, 3.05) is 6.54 Å². The molecule has 3 aromatic rings. The molecule has 4 nitrogen and oxygen atoms in total. The number of amides is 2. The standard InChI is InChI=1S/C27H28Cl2N2O2/c1-3-30-27(33)19(2)31(18-23-24(28)15-10-16-25(23)29)26(32)17-22(20-11-6-4-7-12-20)21-13-8-5-9-14-21/h4-16,19,22H,3,17-18H2,1-2H3,(H,30,33)/t19-/m1/s1. The van der Waals surface area contributed by atoms with E-state index in [9.17, 15) is 9.59 Å². The molecule has 0 aromatic heterocycles. The number of nitrogens with zero attached hydrogens (tertiary/aromatic N) is 1. The second-order valence-electron chi connectivity index (χ2n) is 7.87. The highest BCUT2D eigenvalue weighted by atomic mass is 35.5. The van der Waals surface area contributed by atoms with Gasteiger partial charge in [0, 0.05) is 41.0 Å². The molecular formula is C27H28Cl2N2O2. The Hall–Kier alpha value is -2.82. The molecule has 0 aliphatic carbocycles. The minimum Gasteiger partial charge on any atom is -0.355 e. The smallest absolute Gasteiger partial charge is 0.242 e. The zero-order valence-electron chi connectivity index (χ0n) is 18.8. The van der Waals surface area contributed by atoms with Gasteiger partial charge in [-0.3, -0.25) is 9.59 Å². The number of carbonyl (C=O) groups is 2. The molecule has 0 bridgehead atoms. The Morgan fingerprint density at radius 1 is 0.848 bits per heavy atom. The first-order valence-electron chi connectivity index (χ1n) is 11.0. The molecule has 0 spiro atoms. The zero-order valence-corrected chi connectivity index (χ0v) is 20.3. The summed E-state index contributed by atoms with van der Waals surface area (Å²) in [7, 11) is 0. The van der Waals surface area contributed by atoms with E-state index in [2.05, 4.69) is 5.32 Å². The van der Waals surface area contributed by atoms with Gasteiger partial charge in [0.25, 0.3) is 0 Å². The van der Waals surface area contributed by atoms with Crippen molar-refractivity contribution in [3.8, 4) is 0 Å². The number of hydrogen-bond donors (Lipinski definition) is 1. The van der Waals surface area contributed by atoms with E-state index in [0.29, 0.717) is 22.2 Å². The van der Waals surface area contributed by atoms with Gasteiger partial charge in [-0.1, -0.05) is 89.9 Å². The summed E-state index contributed by atoms with van der Waals surface area (Å²) in [6.07, 6.45) is 0.208. The van der Waals surface area contributed by atoms with Gasteiger partial charge >= 0.3 is 0 Å². The van der Waals surface area contributed by atoms with Crippen molar-refractivity contribution in [2.45, 2.75) is 38.8 Å². The van der Waals surface area contributed by atoms with E-state index >= 15 is 0 Å². The van der Waals surface area contributed by atoms with Gasteiger partial charge in [-0.15, -0.1) is 0 Å². The Bertz CT molecular complexity index is 1010. The van der Waals surface area contributed by atoms with Crippen LogP contribution in [0, 0.1) is 0 Å². The van der Waals surface area contributed by atoms with E-state index in [0.717, 1.165) is 11.1 Å². The number of halogens is 2. The number of carbonyl (C=O) groups excluding carboxylic acids is 2. The van der Waals surface area contributed by atoms with Gasteiger partial charge in [-0.2, -0.15) is 0 Å². The van der Waals surface area contributed by atoms with Crippen LogP contribution in [0.5, 0.6) is 0 Å². The fourth-order valence-electron chi connectivity index (χ4n) is 3.85. The maximum absolute atomic E-state index is 13.7. The minimum absolute atomic E-state index is 0.145. The van der Waals surface area contributed by atoms with Crippen LogP contribution < -0.4 is 5.32 Å². The summed E-state index contributed by atoms with van der Waals surface area (Å²) < 4.78 is 0. The Morgan fingerprint density at radius 3 is 1.85 bits per heavy atom. The third kappa shape index (κ3) is 6.37. The van der Waals surface area contributed by atoms with Crippen molar-refractivity contribution < 1.29 is 9.59 Å². The van der Waals surface area contributed by atoms with Crippen molar-refractivity contribution >= 4 is 35.0 Å². The van der Waals surface area contributed by atoms with E-state index < -0.39 is 6.04 Å². The van der Waals surface area contributed by atoms with Crippen LogP contribution in [0.3, 0.4) is 0 Å². The predicted molar refractivity (Wildman–Crippen MR) is 135 cm³/mol. The van der Waals surface area contributed by atoms with E-state index in [4.69, 9.17) is 23.2 Å². The lowest BCUT2D eigenvalue weighted by Gasteiger charge is -2.31. The zero-order chi connectivity index (χ0) is 23.8. The monoisotopic (exact) mass is 482 g/mol. The SMILES string of the molecule is CCNC(=O)[C@@H](C)N(Cc1c(Cl)cccc1Cl)C(=O)CC(c1ccccc1)c1ccccc1. The Labute approximate surface area is 205 Å². The van der Waals surface area contributed by atoms with Gasteiger partial charge in [-0.25, -0.2) is 0 Å². The van der Waals surface area contributed by atoms with E-state index in [1.807, 2.05) is 67.6 Å². The largest absolute Gasteiger partial charge is 0.355 e. The van der Waals surface area contributed by atoms with Crippen LogP contribution in [0.1, 0.15) is 42.9 Å². The minimum atomic E-state index is -0.683. The average Bonchev–Trinajstić information content (AvgIpc) is 2.83. The third-order valence-corrected chi connectivity index (χ3v) is 6.40. The Kier molecular flexibility index (Phi) is 8.93. The lowest BCUT2D eigenvalue weighted by Crippen LogP contribution is -2.48. The molecule has 0 aliphatic heterocycles. The summed E-state index contributed by atoms with van der Waals surface area (Å²) in [5.74, 6) is -0.516. The van der Waals surface area contributed by atoms with Gasteiger partial charge < -0.3 is 10.2 Å². The highest BCUT2D eigenvalue weighted by Gasteiger charge is 2.29. The second kappa shape index (κ2) is 11.9. The first-order chi connectivity index (χ1) is 15.9. The molecule has 6 heteroatoms. The molecule has 0 saturated carbocycles. The van der Waals surface area contributed by atoms with Crippen molar-refractivity contribution in [3.63, 3.8) is 0 Å². The first kappa shape index (κ1) is 24.8. The van der Waals surface area contributed by atoms with Crippen LogP contribution in [0.4, 0.5) is 0 Å². The molecule has 1 atom stereocenters. The molecule has 0 heterocycles. The van der Waals surface area contributed by atoms with Crippen molar-refractivity contribution in [1.29, 1.82) is 0 Å². The lowest BCUT2D eigenvalue weighted by atomic mass is 9.88. The van der Waals surface area contributed by atoms with Crippen molar-refractivity contribution in [2.24, 2.45) is 0 Å². The summed E-state index contributed by atoms with van der Waals surface area (Å²) in [4.78, 5) is 28.0. The molecule has 3 aromatic carbocycles. The van der Waals surface area contributed by atoms with Crippen molar-refractivity contribution in [3.05, 3.63) is 106 Å². The molecule has 1 N–H and O–H groups in total. The van der Waals surface area contributed by atoms with Gasteiger partial charge in [0.2, 0.25) is 11.8 Å². The van der Waals surface area contributed by atoms with Crippen LogP contribution in [0.15, 0.2) is 78.9 Å². The molecular weight excluding hydrogens is 455 g/mol. The molecule has 33 heavy (non-hydrogen) atoms. The fourth-order valence-corrected chi connectivity index (χ4v) is 4.37. The molecule has 3 rings (SSSR count). The first-order valence-corrected chi connectivity index (χ1v) is 11.8. The van der Waals surface area contributed by atoms with Gasteiger partial charge in [0.15, 0.2) is 0 Å². The highest BCUT2D eigenvalue weighted by Crippen LogP contribution is 2.31. The number of rotatable bonds is 9. The van der Waals surface area contributed by atoms with Crippen LogP contribution >= 0.6 is 23.2 Å². The summed E-state index contributed by atoms with van der Waals surface area (Å²) in [5, 5.41) is 3.74. The lowest BCUT2D eigenvalue weighted by molar-refractivity contribution is -0.140. The number of nitrogens with one attached hydrogen (secondary N) is 1. The van der Waals surface area contributed by atoms with Gasteiger partial charge in [-0.05, 0) is 37.1 Å². The van der Waals surface area contributed by atoms with E-state index in [1.54, 1.807) is 30.0 Å². The van der Waals surface area contributed by atoms with Crippen molar-refractivity contribution in [1.82, 2.24) is 10.2 Å². The van der Waals surface area contributed by atoms with Crippen LogP contribution in [-0.2, 0) is 16.1 Å². The van der Waals surface area contributed by atoms with Gasteiger partial charge in [0.05, 0.1) is 0 Å². The Morgan fingerprint density at radius 2 is 1.36 bits per heavy atom. The molecule has 0 radical (unpaired) electrons. The van der Waals surface area contributed by atoms with Crippen LogP contribution in [-0.4, -0.2) is 29.3 Å². The molecule has 0 saturated heterocycles. The quantitative estimate of drug-likeness (QED) is 0.402. The highest BCUT2D eigenvalue weighted by molar-refractivity contribution is 6.36. The Balaban J connectivity index is 1.96. The number of likely N-dealkylation sites (N-methyl/N-ethyl adjacent to an activating group) is 1. The van der Waals surface area contributed by atoms with E-state index in [1.165, 1.54) is 0 Å². The maximum Gasteiger partial charge on any atom is 0.242 e. The average molecular weight is 483 g/mol. The molecule has 0 fully saturated rings. The maximum atomic E-state index is 13.7. The summed E-state index contributed by atoms with van der Waals surface area (Å²) in [5.41, 5.74) is 2.71.